The van der Waals surface area contributed by atoms with Gasteiger partial charge in [0.25, 0.3) is 5.91 Å². The van der Waals surface area contributed by atoms with Gasteiger partial charge in [0.05, 0.1) is 5.25 Å². The van der Waals surface area contributed by atoms with Gasteiger partial charge in [0.1, 0.15) is 0 Å². The summed E-state index contributed by atoms with van der Waals surface area (Å²) < 4.78 is 67.3. The highest BCUT2D eigenvalue weighted by molar-refractivity contribution is 7.91. The van der Waals surface area contributed by atoms with Crippen LogP contribution in [0.3, 0.4) is 0 Å². The van der Waals surface area contributed by atoms with E-state index in [-0.39, 0.29) is 22.1 Å². The number of alkyl halides is 3. The van der Waals surface area contributed by atoms with E-state index < -0.39 is 33.1 Å². The summed E-state index contributed by atoms with van der Waals surface area (Å²) in [6.45, 7) is 5.97. The molecule has 3 aromatic rings. The van der Waals surface area contributed by atoms with Crippen molar-refractivity contribution < 1.29 is 26.4 Å². The van der Waals surface area contributed by atoms with Crippen LogP contribution < -0.4 is 4.72 Å². The van der Waals surface area contributed by atoms with E-state index in [2.05, 4.69) is 9.97 Å². The van der Waals surface area contributed by atoms with Gasteiger partial charge in [0.2, 0.25) is 10.0 Å². The number of rotatable bonds is 5. The third-order valence-electron chi connectivity index (χ3n) is 5.67. The monoisotopic (exact) mass is 503 g/mol. The smallest absolute Gasteiger partial charge is 0.268 e. The van der Waals surface area contributed by atoms with E-state index in [1.807, 2.05) is 31.6 Å². The second-order valence-corrected chi connectivity index (χ2v) is 11.5. The lowest BCUT2D eigenvalue weighted by Gasteiger charge is -2.19. The van der Waals surface area contributed by atoms with E-state index in [1.54, 1.807) is 12.3 Å². The minimum atomic E-state index is -4.70. The van der Waals surface area contributed by atoms with Crippen LogP contribution in [0.25, 0.3) is 22.3 Å². The number of halogens is 3. The first-order chi connectivity index (χ1) is 16.3. The fourth-order valence-corrected chi connectivity index (χ4v) is 4.84. The first-order valence-electron chi connectivity index (χ1n) is 11.0. The molecule has 1 saturated carbocycles. The van der Waals surface area contributed by atoms with Crippen molar-refractivity contribution in [3.8, 4) is 22.3 Å². The molecule has 4 rings (SSSR count). The fraction of sp³-hybridized carbons (Fsp3) is 0.320. The fourth-order valence-electron chi connectivity index (χ4n) is 3.54. The van der Waals surface area contributed by atoms with Gasteiger partial charge in [0, 0.05) is 40.2 Å². The first-order valence-corrected chi connectivity index (χ1v) is 12.5. The zero-order valence-electron chi connectivity index (χ0n) is 19.3. The molecule has 1 amide bonds. The second-order valence-electron chi connectivity index (χ2n) is 9.55. The molecule has 0 saturated heterocycles. The summed E-state index contributed by atoms with van der Waals surface area (Å²) in [5.74, 6) is -0.821. The molecule has 0 spiro atoms. The van der Waals surface area contributed by atoms with E-state index in [4.69, 9.17) is 0 Å². The number of hydrogen-bond acceptors (Lipinski definition) is 5. The molecule has 2 heterocycles. The SMILES string of the molecule is CC(C)(C)c1cc(-c2cnc(C(F)(F)F)c(-c3ccc(C(=O)NS(=O)(=O)C4CC4)cc3)c2)ccn1. The highest BCUT2D eigenvalue weighted by Gasteiger charge is 2.37. The normalized spacial score (nSPS) is 14.6. The zero-order chi connectivity index (χ0) is 25.6. The van der Waals surface area contributed by atoms with Gasteiger partial charge in [-0.3, -0.25) is 14.8 Å². The predicted octanol–water partition coefficient (Wildman–Crippen LogP) is 5.35. The van der Waals surface area contributed by atoms with Crippen LogP contribution in [0.15, 0.2) is 54.9 Å². The van der Waals surface area contributed by atoms with Crippen molar-refractivity contribution in [3.05, 3.63) is 71.8 Å². The highest BCUT2D eigenvalue weighted by atomic mass is 32.2. The molecule has 2 aromatic heterocycles. The van der Waals surface area contributed by atoms with E-state index in [9.17, 15) is 26.4 Å². The van der Waals surface area contributed by atoms with E-state index in [0.29, 0.717) is 24.0 Å². The van der Waals surface area contributed by atoms with Crippen molar-refractivity contribution >= 4 is 15.9 Å². The average molecular weight is 504 g/mol. The molecule has 1 aromatic carbocycles. The minimum Gasteiger partial charge on any atom is -0.268 e. The molecule has 10 heteroatoms. The van der Waals surface area contributed by atoms with Gasteiger partial charge in [-0.1, -0.05) is 32.9 Å². The summed E-state index contributed by atoms with van der Waals surface area (Å²) in [7, 11) is -3.74. The van der Waals surface area contributed by atoms with Gasteiger partial charge < -0.3 is 0 Å². The van der Waals surface area contributed by atoms with Crippen molar-refractivity contribution in [2.24, 2.45) is 0 Å². The Kier molecular flexibility index (Phi) is 6.21. The topological polar surface area (TPSA) is 89.0 Å². The number of nitrogens with zero attached hydrogens (tertiary/aromatic N) is 2. The average Bonchev–Trinajstić information content (AvgIpc) is 3.64. The molecule has 0 aliphatic heterocycles. The van der Waals surface area contributed by atoms with Crippen LogP contribution in [-0.2, 0) is 21.6 Å². The lowest BCUT2D eigenvalue weighted by molar-refractivity contribution is -0.140. The minimum absolute atomic E-state index is 0.0274. The molecule has 0 bridgehead atoms. The summed E-state index contributed by atoms with van der Waals surface area (Å²) in [6.07, 6.45) is -0.911. The molecule has 1 aliphatic rings. The number of hydrogen-bond donors (Lipinski definition) is 1. The predicted molar refractivity (Wildman–Crippen MR) is 126 cm³/mol. The Bertz CT molecular complexity index is 1380. The Morgan fingerprint density at radius 3 is 2.17 bits per heavy atom. The number of amides is 1. The van der Waals surface area contributed by atoms with Crippen molar-refractivity contribution in [2.45, 2.75) is 50.5 Å². The molecule has 0 unspecified atom stereocenters. The molecular weight excluding hydrogens is 479 g/mol. The molecule has 1 aliphatic carbocycles. The third kappa shape index (κ3) is 5.53. The summed E-state index contributed by atoms with van der Waals surface area (Å²) in [5, 5.41) is -0.569. The number of carbonyl (C=O) groups is 1. The molecule has 184 valence electrons. The van der Waals surface area contributed by atoms with Crippen molar-refractivity contribution in [2.75, 3.05) is 0 Å². The van der Waals surface area contributed by atoms with Crippen LogP contribution >= 0.6 is 0 Å². The molecule has 0 radical (unpaired) electrons. The maximum Gasteiger partial charge on any atom is 0.433 e. The molecule has 35 heavy (non-hydrogen) atoms. The Balaban J connectivity index is 1.71. The summed E-state index contributed by atoms with van der Waals surface area (Å²) in [6, 6.07) is 10.2. The standard InChI is InChI=1S/C25H24F3N3O3S/c1-24(2,3)21-13-17(10-11-29-21)18-12-20(22(30-14-18)25(26,27)28)15-4-6-16(7-5-15)23(32)31-35(33,34)19-8-9-19/h4-7,10-14,19H,8-9H2,1-3H3,(H,31,32). The Morgan fingerprint density at radius 2 is 1.60 bits per heavy atom. The van der Waals surface area contributed by atoms with Crippen LogP contribution in [0.4, 0.5) is 13.2 Å². The van der Waals surface area contributed by atoms with Crippen LogP contribution in [-0.4, -0.2) is 29.5 Å². The lowest BCUT2D eigenvalue weighted by Crippen LogP contribution is -2.33. The van der Waals surface area contributed by atoms with Crippen molar-refractivity contribution in [3.63, 3.8) is 0 Å². The third-order valence-corrected chi connectivity index (χ3v) is 7.49. The summed E-state index contributed by atoms with van der Waals surface area (Å²) in [4.78, 5) is 20.4. The number of nitrogens with one attached hydrogen (secondary N) is 1. The molecule has 1 fully saturated rings. The van der Waals surface area contributed by atoms with Crippen molar-refractivity contribution in [1.82, 2.24) is 14.7 Å². The number of sulfonamides is 1. The largest absolute Gasteiger partial charge is 0.433 e. The first kappa shape index (κ1) is 24.8. The quantitative estimate of drug-likeness (QED) is 0.507. The van der Waals surface area contributed by atoms with Gasteiger partial charge in [0.15, 0.2) is 5.69 Å². The maximum atomic E-state index is 13.8. The van der Waals surface area contributed by atoms with Crippen LogP contribution in [0.1, 0.15) is 55.4 Å². The zero-order valence-corrected chi connectivity index (χ0v) is 20.2. The molecule has 6 nitrogen and oxygen atoms in total. The van der Waals surface area contributed by atoms with E-state index in [0.717, 1.165) is 5.69 Å². The van der Waals surface area contributed by atoms with Gasteiger partial charge in [-0.15, -0.1) is 0 Å². The second kappa shape index (κ2) is 8.75. The Labute approximate surface area is 201 Å². The molecule has 0 atom stereocenters. The van der Waals surface area contributed by atoms with Crippen molar-refractivity contribution in [1.29, 1.82) is 0 Å². The highest BCUT2D eigenvalue weighted by Crippen LogP contribution is 2.38. The Hall–Kier alpha value is -3.27. The Morgan fingerprint density at radius 1 is 0.943 bits per heavy atom. The van der Waals surface area contributed by atoms with Crippen LogP contribution in [0, 0.1) is 0 Å². The van der Waals surface area contributed by atoms with Gasteiger partial charge in [-0.05, 0) is 54.3 Å². The number of carbonyl (C=O) groups excluding carboxylic acids is 1. The van der Waals surface area contributed by atoms with Gasteiger partial charge >= 0.3 is 6.18 Å². The van der Waals surface area contributed by atoms with Crippen LogP contribution in [0.2, 0.25) is 0 Å². The van der Waals surface area contributed by atoms with Crippen LogP contribution in [0.5, 0.6) is 0 Å². The van der Waals surface area contributed by atoms with E-state index in [1.165, 1.54) is 36.5 Å². The molecule has 1 N–H and O–H groups in total. The van der Waals surface area contributed by atoms with Gasteiger partial charge in [-0.2, -0.15) is 13.2 Å². The lowest BCUT2D eigenvalue weighted by atomic mass is 9.90. The summed E-state index contributed by atoms with van der Waals surface area (Å²) in [5.41, 5.74) is 0.709. The van der Waals surface area contributed by atoms with Gasteiger partial charge in [-0.25, -0.2) is 13.1 Å². The summed E-state index contributed by atoms with van der Waals surface area (Å²) >= 11 is 0. The molecular formula is C25H24F3N3O3S. The van der Waals surface area contributed by atoms with E-state index >= 15 is 0 Å². The maximum absolute atomic E-state index is 13.8. The number of pyridine rings is 2. The number of benzene rings is 1. The number of aromatic nitrogens is 2.